The van der Waals surface area contributed by atoms with Gasteiger partial charge in [-0.1, -0.05) is 0 Å². The quantitative estimate of drug-likeness (QED) is 0.750. The van der Waals surface area contributed by atoms with Gasteiger partial charge in [0.05, 0.1) is 11.4 Å². The fourth-order valence-electron chi connectivity index (χ4n) is 0.994. The Kier molecular flexibility index (Phi) is 4.76. The molecular formula is C9H12N2O3S. The zero-order valence-electron chi connectivity index (χ0n) is 8.10. The molecule has 5 nitrogen and oxygen atoms in total. The van der Waals surface area contributed by atoms with Crippen LogP contribution in [0.25, 0.3) is 0 Å². The summed E-state index contributed by atoms with van der Waals surface area (Å²) in [6, 6.07) is 0. The molecule has 0 unspecified atom stereocenters. The van der Waals surface area contributed by atoms with Crippen LogP contribution in [0, 0.1) is 0 Å². The molecule has 0 aromatic carbocycles. The van der Waals surface area contributed by atoms with Crippen LogP contribution in [0.4, 0.5) is 0 Å². The number of aliphatic carboxylic acids is 1. The number of amides is 1. The molecule has 0 bridgehead atoms. The van der Waals surface area contributed by atoms with E-state index in [-0.39, 0.29) is 18.7 Å². The van der Waals surface area contributed by atoms with E-state index in [9.17, 15) is 9.59 Å². The maximum atomic E-state index is 11.1. The first-order valence-corrected chi connectivity index (χ1v) is 5.43. The third-order valence-electron chi connectivity index (χ3n) is 1.71. The normalized spacial score (nSPS) is 9.87. The first-order valence-electron chi connectivity index (χ1n) is 4.55. The highest BCUT2D eigenvalue weighted by molar-refractivity contribution is 7.09. The number of hydrogen-bond donors (Lipinski definition) is 2. The third-order valence-corrected chi connectivity index (χ3v) is 2.55. The number of carbonyl (C=O) groups is 2. The Morgan fingerprint density at radius 3 is 2.87 bits per heavy atom. The average molecular weight is 228 g/mol. The maximum Gasteiger partial charge on any atom is 0.303 e. The van der Waals surface area contributed by atoms with Crippen LogP contribution in [0.15, 0.2) is 11.6 Å². The lowest BCUT2D eigenvalue weighted by molar-refractivity contribution is -0.138. The zero-order valence-corrected chi connectivity index (χ0v) is 8.92. The highest BCUT2D eigenvalue weighted by atomic mass is 32.1. The Balaban J connectivity index is 2.09. The van der Waals surface area contributed by atoms with E-state index in [0.717, 1.165) is 5.01 Å². The smallest absolute Gasteiger partial charge is 0.303 e. The van der Waals surface area contributed by atoms with E-state index < -0.39 is 5.97 Å². The molecular weight excluding hydrogens is 216 g/mol. The van der Waals surface area contributed by atoms with Gasteiger partial charge in [0.2, 0.25) is 5.91 Å². The molecule has 2 N–H and O–H groups in total. The highest BCUT2D eigenvalue weighted by Gasteiger charge is 2.04. The van der Waals surface area contributed by atoms with Crippen molar-refractivity contribution in [1.29, 1.82) is 0 Å². The lowest BCUT2D eigenvalue weighted by atomic mass is 10.3. The van der Waals surface area contributed by atoms with Gasteiger partial charge in [0.15, 0.2) is 0 Å². The number of carboxylic acid groups (broad SMARTS) is 1. The predicted octanol–water partition coefficient (Wildman–Crippen LogP) is 0.667. The standard InChI is InChI=1S/C9H12N2O3S/c12-7(1-2-9(13)14)10-4-3-8-11-5-6-15-8/h5-6H,1-4H2,(H,10,12)(H,13,14). The molecule has 1 rings (SSSR count). The Labute approximate surface area is 91.1 Å². The van der Waals surface area contributed by atoms with E-state index in [0.29, 0.717) is 13.0 Å². The predicted molar refractivity (Wildman–Crippen MR) is 55.7 cm³/mol. The molecule has 15 heavy (non-hydrogen) atoms. The molecule has 0 fully saturated rings. The minimum Gasteiger partial charge on any atom is -0.481 e. The van der Waals surface area contributed by atoms with Crippen LogP contribution in [0.1, 0.15) is 17.8 Å². The molecule has 0 aliphatic heterocycles. The zero-order chi connectivity index (χ0) is 11.1. The van der Waals surface area contributed by atoms with E-state index in [1.807, 2.05) is 5.38 Å². The van der Waals surface area contributed by atoms with Gasteiger partial charge < -0.3 is 10.4 Å². The SMILES string of the molecule is O=C(O)CCC(=O)NCCc1nccs1. The summed E-state index contributed by atoms with van der Waals surface area (Å²) in [7, 11) is 0. The van der Waals surface area contributed by atoms with Crippen molar-refractivity contribution in [3.05, 3.63) is 16.6 Å². The van der Waals surface area contributed by atoms with Crippen molar-refractivity contribution in [1.82, 2.24) is 10.3 Å². The van der Waals surface area contributed by atoms with Crippen LogP contribution in [-0.2, 0) is 16.0 Å². The second-order valence-electron chi connectivity index (χ2n) is 2.92. The monoisotopic (exact) mass is 228 g/mol. The number of aromatic nitrogens is 1. The first kappa shape index (κ1) is 11.6. The van der Waals surface area contributed by atoms with Crippen LogP contribution in [0.5, 0.6) is 0 Å². The number of rotatable bonds is 6. The number of thiazole rings is 1. The largest absolute Gasteiger partial charge is 0.481 e. The molecule has 1 amide bonds. The summed E-state index contributed by atoms with van der Waals surface area (Å²) in [5, 5.41) is 13.8. The van der Waals surface area contributed by atoms with E-state index in [1.54, 1.807) is 6.20 Å². The van der Waals surface area contributed by atoms with Gasteiger partial charge in [0.1, 0.15) is 0 Å². The van der Waals surface area contributed by atoms with Crippen LogP contribution in [-0.4, -0.2) is 28.5 Å². The van der Waals surface area contributed by atoms with Crippen LogP contribution in [0.2, 0.25) is 0 Å². The first-order chi connectivity index (χ1) is 7.18. The van der Waals surface area contributed by atoms with Gasteiger partial charge in [0.25, 0.3) is 0 Å². The molecule has 1 heterocycles. The van der Waals surface area contributed by atoms with Crippen molar-refractivity contribution in [3.63, 3.8) is 0 Å². The van der Waals surface area contributed by atoms with Crippen molar-refractivity contribution in [3.8, 4) is 0 Å². The van der Waals surface area contributed by atoms with Crippen LogP contribution < -0.4 is 5.32 Å². The average Bonchev–Trinajstić information content (AvgIpc) is 2.67. The second kappa shape index (κ2) is 6.13. The number of nitrogens with zero attached hydrogens (tertiary/aromatic N) is 1. The molecule has 0 atom stereocenters. The number of carboxylic acids is 1. The van der Waals surface area contributed by atoms with Gasteiger partial charge in [-0.2, -0.15) is 0 Å². The van der Waals surface area contributed by atoms with E-state index >= 15 is 0 Å². The van der Waals surface area contributed by atoms with Crippen LogP contribution in [0.3, 0.4) is 0 Å². The van der Waals surface area contributed by atoms with Crippen molar-refractivity contribution in [2.45, 2.75) is 19.3 Å². The lowest BCUT2D eigenvalue weighted by Gasteiger charge is -2.01. The Hall–Kier alpha value is -1.43. The van der Waals surface area contributed by atoms with Gasteiger partial charge in [-0.15, -0.1) is 11.3 Å². The molecule has 0 aliphatic rings. The van der Waals surface area contributed by atoms with E-state index in [4.69, 9.17) is 5.11 Å². The molecule has 0 saturated carbocycles. The summed E-state index contributed by atoms with van der Waals surface area (Å²) in [6.07, 6.45) is 2.32. The molecule has 0 aliphatic carbocycles. The molecule has 82 valence electrons. The van der Waals surface area contributed by atoms with Crippen molar-refractivity contribution in [2.24, 2.45) is 0 Å². The fourth-order valence-corrected chi connectivity index (χ4v) is 1.61. The lowest BCUT2D eigenvalue weighted by Crippen LogP contribution is -2.25. The topological polar surface area (TPSA) is 79.3 Å². The number of nitrogens with one attached hydrogen (secondary N) is 1. The molecule has 1 aromatic rings. The summed E-state index contributed by atoms with van der Waals surface area (Å²) >= 11 is 1.54. The van der Waals surface area contributed by atoms with Gasteiger partial charge in [-0.05, 0) is 0 Å². The van der Waals surface area contributed by atoms with Gasteiger partial charge in [0, 0.05) is 31.0 Å². The number of carbonyl (C=O) groups excluding carboxylic acids is 1. The summed E-state index contributed by atoms with van der Waals surface area (Å²) in [4.78, 5) is 25.3. The van der Waals surface area contributed by atoms with Crippen molar-refractivity contribution < 1.29 is 14.7 Å². The minimum absolute atomic E-state index is 0.0349. The summed E-state index contributed by atoms with van der Waals surface area (Å²) in [6.45, 7) is 0.506. The fraction of sp³-hybridized carbons (Fsp3) is 0.444. The van der Waals surface area contributed by atoms with Gasteiger partial charge >= 0.3 is 5.97 Å². The number of hydrogen-bond acceptors (Lipinski definition) is 4. The molecule has 0 saturated heterocycles. The molecule has 6 heteroatoms. The molecule has 1 aromatic heterocycles. The molecule has 0 radical (unpaired) electrons. The Morgan fingerprint density at radius 2 is 2.27 bits per heavy atom. The van der Waals surface area contributed by atoms with Crippen molar-refractivity contribution in [2.75, 3.05) is 6.54 Å². The summed E-state index contributed by atoms with van der Waals surface area (Å²) < 4.78 is 0. The van der Waals surface area contributed by atoms with Gasteiger partial charge in [-0.3, -0.25) is 9.59 Å². The summed E-state index contributed by atoms with van der Waals surface area (Å²) in [5.74, 6) is -1.18. The Morgan fingerprint density at radius 1 is 1.47 bits per heavy atom. The second-order valence-corrected chi connectivity index (χ2v) is 3.90. The maximum absolute atomic E-state index is 11.1. The Bertz CT molecular complexity index is 324. The third kappa shape index (κ3) is 5.11. The van der Waals surface area contributed by atoms with Crippen molar-refractivity contribution >= 4 is 23.2 Å². The van der Waals surface area contributed by atoms with Crippen LogP contribution >= 0.6 is 11.3 Å². The van der Waals surface area contributed by atoms with E-state index in [1.165, 1.54) is 11.3 Å². The summed E-state index contributed by atoms with van der Waals surface area (Å²) in [5.41, 5.74) is 0. The van der Waals surface area contributed by atoms with E-state index in [2.05, 4.69) is 10.3 Å². The van der Waals surface area contributed by atoms with Gasteiger partial charge in [-0.25, -0.2) is 4.98 Å². The minimum atomic E-state index is -0.954. The molecule has 0 spiro atoms. The highest BCUT2D eigenvalue weighted by Crippen LogP contribution is 2.03.